The van der Waals surface area contributed by atoms with E-state index >= 15 is 0 Å². The van der Waals surface area contributed by atoms with E-state index in [9.17, 15) is 31.2 Å². The molecule has 1 atom stereocenters. The van der Waals surface area contributed by atoms with Gasteiger partial charge in [0.05, 0.1) is 22.7 Å². The third-order valence-corrected chi connectivity index (χ3v) is 7.71. The highest BCUT2D eigenvalue weighted by molar-refractivity contribution is 7.89. The predicted molar refractivity (Wildman–Crippen MR) is 121 cm³/mol. The van der Waals surface area contributed by atoms with Gasteiger partial charge in [-0.2, -0.15) is 17.5 Å². The number of halogens is 3. The van der Waals surface area contributed by atoms with Gasteiger partial charge in [0.25, 0.3) is 5.91 Å². The van der Waals surface area contributed by atoms with E-state index in [1.165, 1.54) is 47.8 Å². The number of sulfonamides is 1. The van der Waals surface area contributed by atoms with E-state index in [4.69, 9.17) is 0 Å². The maximum Gasteiger partial charge on any atom is 0.418 e. The van der Waals surface area contributed by atoms with Crippen molar-refractivity contribution in [3.05, 3.63) is 59.7 Å². The topological polar surface area (TPSA) is 86.8 Å². The Balaban J connectivity index is 1.67. The van der Waals surface area contributed by atoms with Crippen LogP contribution >= 0.6 is 0 Å². The number of carbonyl (C=O) groups excluding carboxylic acids is 2. The van der Waals surface area contributed by atoms with Crippen LogP contribution in [0.1, 0.15) is 42.1 Å². The first-order valence-corrected chi connectivity index (χ1v) is 12.2. The molecule has 0 aliphatic carbocycles. The lowest BCUT2D eigenvalue weighted by Gasteiger charge is -2.32. The zero-order valence-corrected chi connectivity index (χ0v) is 19.6. The standard InChI is InChI=1S/C23H26F3N3O4S/c1-16-7-5-6-14-29(16)34(32,33)18-12-10-17(11-13-18)22(31)28(2)15-21(30)27-20-9-4-3-8-19(20)23(24,25)26/h3-4,8-13,16H,5-7,14-15H2,1-2H3,(H,27,30)/t16-/m1/s1. The van der Waals surface area contributed by atoms with E-state index in [1.54, 1.807) is 0 Å². The highest BCUT2D eigenvalue weighted by atomic mass is 32.2. The van der Waals surface area contributed by atoms with Crippen molar-refractivity contribution >= 4 is 27.5 Å². The molecule has 1 aliphatic heterocycles. The molecule has 11 heteroatoms. The number of piperidine rings is 1. The summed E-state index contributed by atoms with van der Waals surface area (Å²) in [5.74, 6) is -1.37. The summed E-state index contributed by atoms with van der Waals surface area (Å²) < 4.78 is 66.6. The summed E-state index contributed by atoms with van der Waals surface area (Å²) in [5, 5.41) is 2.19. The van der Waals surface area contributed by atoms with Crippen LogP contribution in [0.3, 0.4) is 0 Å². The summed E-state index contributed by atoms with van der Waals surface area (Å²) in [6.07, 6.45) is -2.08. The maximum absolute atomic E-state index is 13.1. The van der Waals surface area contributed by atoms with Crippen LogP contribution in [0.5, 0.6) is 0 Å². The van der Waals surface area contributed by atoms with Crippen LogP contribution in [0.15, 0.2) is 53.4 Å². The highest BCUT2D eigenvalue weighted by Crippen LogP contribution is 2.34. The Kier molecular flexibility index (Phi) is 7.67. The second-order valence-corrected chi connectivity index (χ2v) is 10.1. The van der Waals surface area contributed by atoms with Crippen molar-refractivity contribution in [3.63, 3.8) is 0 Å². The molecule has 0 saturated carbocycles. The molecule has 1 fully saturated rings. The lowest BCUT2D eigenvalue weighted by atomic mass is 10.1. The SMILES string of the molecule is C[C@@H]1CCCCN1S(=O)(=O)c1ccc(C(=O)N(C)CC(=O)Nc2ccccc2C(F)(F)F)cc1. The highest BCUT2D eigenvalue weighted by Gasteiger charge is 2.34. The fraction of sp³-hybridized carbons (Fsp3) is 0.391. The molecule has 2 aromatic carbocycles. The maximum atomic E-state index is 13.1. The number of nitrogens with zero attached hydrogens (tertiary/aromatic N) is 2. The first-order valence-electron chi connectivity index (χ1n) is 10.7. The molecule has 1 aliphatic rings. The summed E-state index contributed by atoms with van der Waals surface area (Å²) in [6.45, 7) is 1.82. The fourth-order valence-electron chi connectivity index (χ4n) is 3.87. The number of carbonyl (C=O) groups is 2. The van der Waals surface area contributed by atoms with E-state index in [0.717, 1.165) is 36.3 Å². The Hall–Kier alpha value is -2.92. The van der Waals surface area contributed by atoms with Gasteiger partial charge < -0.3 is 10.2 Å². The minimum Gasteiger partial charge on any atom is -0.332 e. The van der Waals surface area contributed by atoms with Crippen LogP contribution in [0.2, 0.25) is 0 Å². The molecule has 34 heavy (non-hydrogen) atoms. The Labute approximate surface area is 196 Å². The van der Waals surface area contributed by atoms with E-state index in [-0.39, 0.29) is 16.5 Å². The molecule has 7 nitrogen and oxygen atoms in total. The number of benzene rings is 2. The number of likely N-dealkylation sites (N-methyl/N-ethyl adjacent to an activating group) is 1. The van der Waals surface area contributed by atoms with E-state index in [0.29, 0.717) is 6.54 Å². The second kappa shape index (κ2) is 10.1. The number of alkyl halides is 3. The molecule has 0 radical (unpaired) electrons. The minimum atomic E-state index is -4.64. The Morgan fingerprint density at radius 3 is 2.35 bits per heavy atom. The largest absolute Gasteiger partial charge is 0.418 e. The Morgan fingerprint density at radius 2 is 1.74 bits per heavy atom. The Bertz CT molecular complexity index is 1150. The van der Waals surface area contributed by atoms with Gasteiger partial charge in [0.2, 0.25) is 15.9 Å². The normalized spacial score (nSPS) is 17.3. The van der Waals surface area contributed by atoms with Crippen LogP contribution in [0, 0.1) is 0 Å². The van der Waals surface area contributed by atoms with Crippen molar-refractivity contribution in [2.75, 3.05) is 25.5 Å². The first kappa shape index (κ1) is 25.7. The van der Waals surface area contributed by atoms with Crippen molar-refractivity contribution in [1.29, 1.82) is 0 Å². The Morgan fingerprint density at radius 1 is 1.09 bits per heavy atom. The van der Waals surface area contributed by atoms with Gasteiger partial charge in [-0.3, -0.25) is 9.59 Å². The van der Waals surface area contributed by atoms with Crippen molar-refractivity contribution in [2.24, 2.45) is 0 Å². The molecule has 1 saturated heterocycles. The van der Waals surface area contributed by atoms with Crippen molar-refractivity contribution in [1.82, 2.24) is 9.21 Å². The summed E-state index contributed by atoms with van der Waals surface area (Å²) in [4.78, 5) is 26.1. The van der Waals surface area contributed by atoms with E-state index in [2.05, 4.69) is 5.32 Å². The number of rotatable bonds is 6. The number of hydrogen-bond acceptors (Lipinski definition) is 4. The van der Waals surface area contributed by atoms with Crippen molar-refractivity contribution in [2.45, 2.75) is 43.3 Å². The van der Waals surface area contributed by atoms with Crippen LogP contribution < -0.4 is 5.32 Å². The molecule has 0 spiro atoms. The average molecular weight is 498 g/mol. The summed E-state index contributed by atoms with van der Waals surface area (Å²) in [7, 11) is -2.36. The number of nitrogens with one attached hydrogen (secondary N) is 1. The van der Waals surface area contributed by atoms with E-state index < -0.39 is 45.8 Å². The molecule has 0 bridgehead atoms. The molecule has 3 rings (SSSR count). The van der Waals surface area contributed by atoms with Gasteiger partial charge in [-0.1, -0.05) is 18.6 Å². The fourth-order valence-corrected chi connectivity index (χ4v) is 5.57. The quantitative estimate of drug-likeness (QED) is 0.654. The summed E-state index contributed by atoms with van der Waals surface area (Å²) >= 11 is 0. The molecule has 2 amide bonds. The van der Waals surface area contributed by atoms with Gasteiger partial charge >= 0.3 is 6.18 Å². The van der Waals surface area contributed by atoms with Gasteiger partial charge in [-0.05, 0) is 56.2 Å². The van der Waals surface area contributed by atoms with Gasteiger partial charge in [0.1, 0.15) is 0 Å². The zero-order valence-electron chi connectivity index (χ0n) is 18.8. The number of para-hydroxylation sites is 1. The van der Waals surface area contributed by atoms with Crippen LogP contribution in [-0.4, -0.2) is 55.6 Å². The molecule has 1 heterocycles. The van der Waals surface area contributed by atoms with Crippen LogP contribution in [0.25, 0.3) is 0 Å². The summed E-state index contributed by atoms with van der Waals surface area (Å²) in [5.41, 5.74) is -1.24. The first-order chi connectivity index (χ1) is 15.9. The molecular weight excluding hydrogens is 471 g/mol. The van der Waals surface area contributed by atoms with Crippen LogP contribution in [-0.2, 0) is 21.0 Å². The van der Waals surface area contributed by atoms with Crippen molar-refractivity contribution < 1.29 is 31.2 Å². The third-order valence-electron chi connectivity index (χ3n) is 5.68. The molecule has 2 aromatic rings. The molecule has 1 N–H and O–H groups in total. The molecule has 0 unspecified atom stereocenters. The zero-order chi connectivity index (χ0) is 25.1. The monoisotopic (exact) mass is 497 g/mol. The summed E-state index contributed by atoms with van der Waals surface area (Å²) in [6, 6.07) is 9.86. The second-order valence-electron chi connectivity index (χ2n) is 8.24. The lowest BCUT2D eigenvalue weighted by Crippen LogP contribution is -2.41. The number of anilines is 1. The van der Waals surface area contributed by atoms with Gasteiger partial charge in [-0.15, -0.1) is 0 Å². The average Bonchev–Trinajstić information content (AvgIpc) is 2.78. The molecule has 0 aromatic heterocycles. The number of hydrogen-bond donors (Lipinski definition) is 1. The van der Waals surface area contributed by atoms with E-state index in [1.807, 2.05) is 6.92 Å². The van der Waals surface area contributed by atoms with Crippen molar-refractivity contribution in [3.8, 4) is 0 Å². The molecule has 184 valence electrons. The van der Waals surface area contributed by atoms with Crippen LogP contribution in [0.4, 0.5) is 18.9 Å². The third kappa shape index (κ3) is 5.76. The minimum absolute atomic E-state index is 0.0713. The van der Waals surface area contributed by atoms with Gasteiger partial charge in [-0.25, -0.2) is 8.42 Å². The lowest BCUT2D eigenvalue weighted by molar-refractivity contribution is -0.137. The van der Waals surface area contributed by atoms with Gasteiger partial charge in [0, 0.05) is 25.2 Å². The molecular formula is C23H26F3N3O4S. The van der Waals surface area contributed by atoms with Gasteiger partial charge in [0.15, 0.2) is 0 Å². The predicted octanol–water partition coefficient (Wildman–Crippen LogP) is 3.98. The smallest absolute Gasteiger partial charge is 0.332 e. The number of amides is 2.